The molecule has 1 aliphatic rings. The summed E-state index contributed by atoms with van der Waals surface area (Å²) in [5, 5.41) is 27.9. The van der Waals surface area contributed by atoms with Crippen LogP contribution in [0, 0.1) is 0 Å². The molecule has 0 aromatic carbocycles. The monoisotopic (exact) mass is 386 g/mol. The van der Waals surface area contributed by atoms with Gasteiger partial charge in [0.15, 0.2) is 6.29 Å². The molecule has 4 atom stereocenters. The third-order valence-electron chi connectivity index (χ3n) is 5.00. The van der Waals surface area contributed by atoms with Gasteiger partial charge in [0, 0.05) is 19.1 Å². The minimum atomic E-state index is -0.865. The number of carboxylic acids is 1. The van der Waals surface area contributed by atoms with E-state index in [1.807, 2.05) is 0 Å². The maximum absolute atomic E-state index is 10.3. The third-order valence-corrected chi connectivity index (χ3v) is 5.00. The maximum atomic E-state index is 10.3. The number of ether oxygens (including phenoxy) is 2. The van der Waals surface area contributed by atoms with E-state index in [-0.39, 0.29) is 6.10 Å². The molecule has 0 aromatic heterocycles. The number of carboxylic acid groups (broad SMARTS) is 1. The first-order valence-corrected chi connectivity index (χ1v) is 10.5. The molecule has 158 valence electrons. The Bertz CT molecular complexity index is 411. The molecule has 1 rings (SSSR count). The molecule has 0 aliphatic carbocycles. The molecule has 1 heterocycles. The van der Waals surface area contributed by atoms with Gasteiger partial charge in [-0.25, -0.2) is 4.79 Å². The number of hydrogen-bond acceptors (Lipinski definition) is 5. The van der Waals surface area contributed by atoms with Gasteiger partial charge in [0.2, 0.25) is 0 Å². The van der Waals surface area contributed by atoms with Crippen LogP contribution in [-0.2, 0) is 14.3 Å². The van der Waals surface area contributed by atoms with Crippen LogP contribution in [0.1, 0.15) is 84.0 Å². The van der Waals surface area contributed by atoms with Crippen molar-refractivity contribution in [2.45, 2.75) is 109 Å². The van der Waals surface area contributed by atoms with E-state index in [1.54, 1.807) is 13.0 Å². The van der Waals surface area contributed by atoms with Crippen molar-refractivity contribution in [1.82, 2.24) is 0 Å². The summed E-state index contributed by atoms with van der Waals surface area (Å²) in [4.78, 5) is 10.3. The quantitative estimate of drug-likeness (QED) is 0.293. The van der Waals surface area contributed by atoms with Crippen LogP contribution in [-0.4, -0.2) is 52.5 Å². The van der Waals surface area contributed by atoms with Crippen molar-refractivity contribution >= 4 is 5.97 Å². The Hall–Kier alpha value is -0.950. The van der Waals surface area contributed by atoms with E-state index in [2.05, 4.69) is 0 Å². The standard InChI is InChI=1S/C21H38O6/c1-17-18(22)16-19(23)21(27-17)26-15-13-11-9-7-5-3-2-4-6-8-10-12-14-20(24)25/h12,14,17-19,21-23H,2-11,13,15-16H2,1H3,(H,24,25)/b14-12+/t17-,18+,19+,21+/m0/s1. The fourth-order valence-corrected chi connectivity index (χ4v) is 3.26. The molecular formula is C21H38O6. The largest absolute Gasteiger partial charge is 0.478 e. The first-order chi connectivity index (χ1) is 13.0. The van der Waals surface area contributed by atoms with Gasteiger partial charge in [-0.1, -0.05) is 57.4 Å². The Morgan fingerprint density at radius 2 is 1.52 bits per heavy atom. The molecule has 3 N–H and O–H groups in total. The summed E-state index contributed by atoms with van der Waals surface area (Å²) in [6.07, 6.45) is 13.7. The number of aliphatic hydroxyl groups excluding tert-OH is 2. The van der Waals surface area contributed by atoms with E-state index in [1.165, 1.54) is 51.0 Å². The van der Waals surface area contributed by atoms with Crippen molar-refractivity contribution in [3.05, 3.63) is 12.2 Å². The SMILES string of the molecule is C[C@@H]1O[C@@H](OCCCCCCCCCCCC/C=C/C(=O)O)[C@H](O)C[C@H]1O. The second kappa shape index (κ2) is 15.0. The topological polar surface area (TPSA) is 96.2 Å². The average Bonchev–Trinajstić information content (AvgIpc) is 2.62. The zero-order valence-electron chi connectivity index (χ0n) is 16.7. The summed E-state index contributed by atoms with van der Waals surface area (Å²) >= 11 is 0. The molecule has 6 nitrogen and oxygen atoms in total. The zero-order chi connectivity index (χ0) is 19.9. The lowest BCUT2D eigenvalue weighted by Crippen LogP contribution is -2.47. The van der Waals surface area contributed by atoms with Crippen molar-refractivity contribution in [3.63, 3.8) is 0 Å². The number of allylic oxidation sites excluding steroid dienone is 1. The highest BCUT2D eigenvalue weighted by molar-refractivity contribution is 5.79. The van der Waals surface area contributed by atoms with E-state index in [0.29, 0.717) is 13.0 Å². The van der Waals surface area contributed by atoms with Crippen LogP contribution in [0.4, 0.5) is 0 Å². The average molecular weight is 387 g/mol. The molecule has 0 spiro atoms. The smallest absolute Gasteiger partial charge is 0.327 e. The van der Waals surface area contributed by atoms with Gasteiger partial charge in [-0.3, -0.25) is 0 Å². The first kappa shape index (κ1) is 24.1. The summed E-state index contributed by atoms with van der Waals surface area (Å²) in [5.41, 5.74) is 0. The summed E-state index contributed by atoms with van der Waals surface area (Å²) in [6, 6.07) is 0. The van der Waals surface area contributed by atoms with Crippen molar-refractivity contribution in [2.24, 2.45) is 0 Å². The molecule has 0 aromatic rings. The van der Waals surface area contributed by atoms with Crippen molar-refractivity contribution < 1.29 is 29.6 Å². The lowest BCUT2D eigenvalue weighted by atomic mass is 10.0. The highest BCUT2D eigenvalue weighted by Gasteiger charge is 2.34. The molecule has 0 radical (unpaired) electrons. The van der Waals surface area contributed by atoms with Crippen LogP contribution in [0.3, 0.4) is 0 Å². The van der Waals surface area contributed by atoms with Crippen LogP contribution in [0.15, 0.2) is 12.2 Å². The Kier molecular flexibility index (Phi) is 13.4. The Morgan fingerprint density at radius 1 is 0.963 bits per heavy atom. The third kappa shape index (κ3) is 12.2. The van der Waals surface area contributed by atoms with Crippen LogP contribution in [0.5, 0.6) is 0 Å². The van der Waals surface area contributed by atoms with Gasteiger partial charge in [0.05, 0.1) is 12.2 Å². The number of aliphatic hydroxyl groups is 2. The fourth-order valence-electron chi connectivity index (χ4n) is 3.26. The van der Waals surface area contributed by atoms with Gasteiger partial charge >= 0.3 is 5.97 Å². The molecule has 0 bridgehead atoms. The molecule has 0 amide bonds. The van der Waals surface area contributed by atoms with Gasteiger partial charge < -0.3 is 24.8 Å². The number of aliphatic carboxylic acids is 1. The van der Waals surface area contributed by atoms with Crippen LogP contribution >= 0.6 is 0 Å². The molecule has 0 saturated carbocycles. The van der Waals surface area contributed by atoms with Gasteiger partial charge in [-0.2, -0.15) is 0 Å². The van der Waals surface area contributed by atoms with Crippen LogP contribution < -0.4 is 0 Å². The van der Waals surface area contributed by atoms with E-state index in [4.69, 9.17) is 14.6 Å². The van der Waals surface area contributed by atoms with Gasteiger partial charge in [-0.05, 0) is 26.2 Å². The summed E-state index contributed by atoms with van der Waals surface area (Å²) in [7, 11) is 0. The summed E-state index contributed by atoms with van der Waals surface area (Å²) < 4.78 is 11.1. The number of rotatable bonds is 15. The molecule has 6 heteroatoms. The molecule has 1 saturated heterocycles. The number of unbranched alkanes of at least 4 members (excludes halogenated alkanes) is 10. The first-order valence-electron chi connectivity index (χ1n) is 10.5. The zero-order valence-corrected chi connectivity index (χ0v) is 16.7. The minimum Gasteiger partial charge on any atom is -0.478 e. The lowest BCUT2D eigenvalue weighted by Gasteiger charge is -2.35. The number of hydrogen-bond donors (Lipinski definition) is 3. The summed E-state index contributed by atoms with van der Waals surface area (Å²) in [6.45, 7) is 2.38. The van der Waals surface area contributed by atoms with Crippen molar-refractivity contribution in [2.75, 3.05) is 6.61 Å². The van der Waals surface area contributed by atoms with Gasteiger partial charge in [0.25, 0.3) is 0 Å². The molecule has 0 unspecified atom stereocenters. The van der Waals surface area contributed by atoms with E-state index in [0.717, 1.165) is 25.7 Å². The Labute approximate surface area is 163 Å². The predicted molar refractivity (Wildman–Crippen MR) is 104 cm³/mol. The predicted octanol–water partition coefficient (Wildman–Crippen LogP) is 3.79. The molecule has 27 heavy (non-hydrogen) atoms. The molecule has 1 fully saturated rings. The molecule has 1 aliphatic heterocycles. The second-order valence-corrected chi connectivity index (χ2v) is 7.52. The van der Waals surface area contributed by atoms with Crippen molar-refractivity contribution in [1.29, 1.82) is 0 Å². The highest BCUT2D eigenvalue weighted by Crippen LogP contribution is 2.21. The maximum Gasteiger partial charge on any atom is 0.327 e. The highest BCUT2D eigenvalue weighted by atomic mass is 16.7. The summed E-state index contributed by atoms with van der Waals surface area (Å²) in [5.74, 6) is -0.865. The molecular weight excluding hydrogens is 348 g/mol. The normalized spacial score (nSPS) is 25.9. The lowest BCUT2D eigenvalue weighted by molar-refractivity contribution is -0.261. The van der Waals surface area contributed by atoms with E-state index >= 15 is 0 Å². The van der Waals surface area contributed by atoms with Crippen LogP contribution in [0.25, 0.3) is 0 Å². The van der Waals surface area contributed by atoms with Crippen LogP contribution in [0.2, 0.25) is 0 Å². The minimum absolute atomic E-state index is 0.292. The Balaban J connectivity index is 1.82. The fraction of sp³-hybridized carbons (Fsp3) is 0.857. The second-order valence-electron chi connectivity index (χ2n) is 7.52. The van der Waals surface area contributed by atoms with E-state index < -0.39 is 24.5 Å². The van der Waals surface area contributed by atoms with Crippen molar-refractivity contribution in [3.8, 4) is 0 Å². The number of carbonyl (C=O) groups is 1. The van der Waals surface area contributed by atoms with Gasteiger partial charge in [0.1, 0.15) is 6.10 Å². The van der Waals surface area contributed by atoms with E-state index in [9.17, 15) is 15.0 Å². The Morgan fingerprint density at radius 3 is 2.11 bits per heavy atom. The van der Waals surface area contributed by atoms with Gasteiger partial charge in [-0.15, -0.1) is 0 Å².